The molecule has 2 aliphatic heterocycles. The van der Waals surface area contributed by atoms with Gasteiger partial charge in [-0.3, -0.25) is 9.89 Å². The molecular weight excluding hydrogens is 336 g/mol. The molecule has 2 aromatic heterocycles. The maximum atomic E-state index is 12.3. The number of nitrogens with zero attached hydrogens (tertiary/aromatic N) is 5. The molecule has 0 saturated carbocycles. The van der Waals surface area contributed by atoms with Gasteiger partial charge < -0.3 is 4.74 Å². The fraction of sp³-hybridized carbons (Fsp3) is 0.231. The van der Waals surface area contributed by atoms with E-state index in [1.165, 1.54) is 28.4 Å². The number of carbonyl (C=O) groups is 1. The van der Waals surface area contributed by atoms with Gasteiger partial charge in [0.15, 0.2) is 5.84 Å². The number of fused-ring (bicyclic) bond motifs is 1. The highest BCUT2D eigenvalue weighted by atomic mass is 32.1. The number of urea groups is 1. The van der Waals surface area contributed by atoms with Gasteiger partial charge in [0.05, 0.1) is 5.69 Å². The van der Waals surface area contributed by atoms with Gasteiger partial charge in [0, 0.05) is 23.4 Å². The molecule has 2 aliphatic rings. The molecule has 4 heterocycles. The van der Waals surface area contributed by atoms with Crippen LogP contribution in [-0.4, -0.2) is 53.0 Å². The second-order valence-electron chi connectivity index (χ2n) is 4.79. The third-order valence-corrected chi connectivity index (χ3v) is 4.89. The molecule has 118 valence electrons. The molecule has 0 fully saturated rings. The Morgan fingerprint density at radius 2 is 2.35 bits per heavy atom. The molecular formula is C13H12N6O2S2. The second kappa shape index (κ2) is 5.72. The lowest BCUT2D eigenvalue weighted by molar-refractivity contribution is 0.0405. The van der Waals surface area contributed by atoms with E-state index in [1.54, 1.807) is 11.3 Å². The average Bonchev–Trinajstić information content (AvgIpc) is 3.29. The highest BCUT2D eigenvalue weighted by Gasteiger charge is 2.37. The topological polar surface area (TPSA) is 82.4 Å². The van der Waals surface area contributed by atoms with E-state index < -0.39 is 0 Å². The van der Waals surface area contributed by atoms with Crippen LogP contribution in [0.15, 0.2) is 32.3 Å². The highest BCUT2D eigenvalue weighted by molar-refractivity contribution is 7.13. The number of hydrogen-bond acceptors (Lipinski definition) is 8. The number of hydrogen-bond donors (Lipinski definition) is 1. The van der Waals surface area contributed by atoms with E-state index in [1.807, 2.05) is 22.2 Å². The molecule has 23 heavy (non-hydrogen) atoms. The Labute approximate surface area is 139 Å². The van der Waals surface area contributed by atoms with Crippen molar-refractivity contribution >= 4 is 40.3 Å². The van der Waals surface area contributed by atoms with Gasteiger partial charge in [0.2, 0.25) is 0 Å². The molecule has 4 rings (SSSR count). The van der Waals surface area contributed by atoms with Gasteiger partial charge >= 0.3 is 6.03 Å². The van der Waals surface area contributed by atoms with E-state index in [9.17, 15) is 4.79 Å². The van der Waals surface area contributed by atoms with Gasteiger partial charge in [-0.15, -0.1) is 16.4 Å². The van der Waals surface area contributed by atoms with Crippen molar-refractivity contribution in [2.24, 2.45) is 10.1 Å². The Morgan fingerprint density at radius 1 is 1.43 bits per heavy atom. The monoisotopic (exact) mass is 348 g/mol. The van der Waals surface area contributed by atoms with E-state index in [-0.39, 0.29) is 19.4 Å². The highest BCUT2D eigenvalue weighted by Crippen LogP contribution is 2.26. The maximum Gasteiger partial charge on any atom is 0.349 e. The van der Waals surface area contributed by atoms with E-state index in [4.69, 9.17) is 4.74 Å². The van der Waals surface area contributed by atoms with Crippen molar-refractivity contribution in [3.8, 4) is 11.3 Å². The Balaban J connectivity index is 1.61. The zero-order valence-corrected chi connectivity index (χ0v) is 13.7. The van der Waals surface area contributed by atoms with Gasteiger partial charge in [-0.25, -0.2) is 15.3 Å². The summed E-state index contributed by atoms with van der Waals surface area (Å²) >= 11 is 3.12. The summed E-state index contributed by atoms with van der Waals surface area (Å²) in [4.78, 5) is 22.8. The van der Waals surface area contributed by atoms with E-state index in [2.05, 4.69) is 20.6 Å². The number of rotatable bonds is 4. The smallest absolute Gasteiger partial charge is 0.349 e. The molecule has 0 atom stereocenters. The summed E-state index contributed by atoms with van der Waals surface area (Å²) in [6, 6.07) is 1.78. The number of aliphatic imine (C=N–C) groups is 1. The van der Waals surface area contributed by atoms with Crippen molar-refractivity contribution in [1.29, 1.82) is 0 Å². The van der Waals surface area contributed by atoms with Crippen LogP contribution in [0.3, 0.4) is 0 Å². The number of thiophene rings is 1. The summed E-state index contributed by atoms with van der Waals surface area (Å²) in [5, 5.41) is 12.3. The number of thiazole rings is 1. The molecule has 2 aromatic rings. The number of carbonyl (C=O) groups excluding carboxylic acids is 1. The van der Waals surface area contributed by atoms with E-state index >= 15 is 0 Å². The Morgan fingerprint density at radius 3 is 3.13 bits per heavy atom. The van der Waals surface area contributed by atoms with Gasteiger partial charge in [0.1, 0.15) is 24.1 Å². The summed E-state index contributed by atoms with van der Waals surface area (Å²) < 4.78 is 4.96. The first-order valence-corrected chi connectivity index (χ1v) is 8.55. The fourth-order valence-electron chi connectivity index (χ4n) is 2.27. The van der Waals surface area contributed by atoms with Crippen molar-refractivity contribution in [3.63, 3.8) is 0 Å². The molecule has 8 nitrogen and oxygen atoms in total. The Bertz CT molecular complexity index is 797. The van der Waals surface area contributed by atoms with E-state index in [0.29, 0.717) is 11.5 Å². The van der Waals surface area contributed by atoms with Crippen LogP contribution >= 0.6 is 22.7 Å². The van der Waals surface area contributed by atoms with Crippen LogP contribution in [0.2, 0.25) is 0 Å². The lowest BCUT2D eigenvalue weighted by Gasteiger charge is -2.30. The number of aromatic nitrogens is 1. The number of amidine groups is 1. The van der Waals surface area contributed by atoms with Crippen LogP contribution in [0.1, 0.15) is 5.01 Å². The third kappa shape index (κ3) is 2.40. The first-order chi connectivity index (χ1) is 11.3. The lowest BCUT2D eigenvalue weighted by atomic mass is 10.3. The maximum absolute atomic E-state index is 12.3. The number of hydrazone groups is 1. The zero-order chi connectivity index (χ0) is 15.8. The van der Waals surface area contributed by atoms with Crippen molar-refractivity contribution in [2.75, 3.05) is 20.5 Å². The standard InChI is InChI=1S/C13H12N6O2S2/c1-21-7-19-13(20)18-6-14-10(11(18)16-17-19)12-15-9(5-23-12)8-2-3-22-4-8/h2-5,17H,6-7H2,1H3. The van der Waals surface area contributed by atoms with Gasteiger partial charge in [0.25, 0.3) is 0 Å². The summed E-state index contributed by atoms with van der Waals surface area (Å²) in [5.74, 6) is 0.494. The van der Waals surface area contributed by atoms with Crippen molar-refractivity contribution < 1.29 is 9.53 Å². The van der Waals surface area contributed by atoms with Crippen LogP contribution in [0.25, 0.3) is 11.3 Å². The number of hydrazine groups is 1. The molecule has 0 unspecified atom stereocenters. The predicted molar refractivity (Wildman–Crippen MR) is 88.4 cm³/mol. The zero-order valence-electron chi connectivity index (χ0n) is 12.1. The normalized spacial score (nSPS) is 17.0. The lowest BCUT2D eigenvalue weighted by Crippen LogP contribution is -2.55. The molecule has 1 N–H and O–H groups in total. The predicted octanol–water partition coefficient (Wildman–Crippen LogP) is 1.79. The summed E-state index contributed by atoms with van der Waals surface area (Å²) in [7, 11) is 1.52. The van der Waals surface area contributed by atoms with Crippen LogP contribution in [0.5, 0.6) is 0 Å². The van der Waals surface area contributed by atoms with Crippen molar-refractivity contribution in [3.05, 3.63) is 27.2 Å². The van der Waals surface area contributed by atoms with E-state index in [0.717, 1.165) is 16.3 Å². The quantitative estimate of drug-likeness (QED) is 0.913. The minimum absolute atomic E-state index is 0.112. The molecule has 0 aromatic carbocycles. The molecule has 0 saturated heterocycles. The summed E-state index contributed by atoms with van der Waals surface area (Å²) in [6.45, 7) is 0.350. The molecule has 0 radical (unpaired) electrons. The van der Waals surface area contributed by atoms with Gasteiger partial charge in [-0.2, -0.15) is 16.3 Å². The number of methoxy groups -OCH3 is 1. The Hall–Kier alpha value is -2.30. The average molecular weight is 348 g/mol. The van der Waals surface area contributed by atoms with Gasteiger partial charge in [-0.05, 0) is 11.4 Å². The Kier molecular flexibility index (Phi) is 3.56. The molecule has 0 bridgehead atoms. The van der Waals surface area contributed by atoms with Crippen molar-refractivity contribution in [2.45, 2.75) is 0 Å². The van der Waals surface area contributed by atoms with Crippen LogP contribution in [-0.2, 0) is 4.74 Å². The minimum Gasteiger partial charge on any atom is -0.362 e. The SMILES string of the molecule is COCN1NN=C2C(c3nc(-c4ccsc4)cs3)=NCN2C1=O. The summed E-state index contributed by atoms with van der Waals surface area (Å²) in [5.41, 5.74) is 5.30. The molecule has 2 amide bonds. The number of amides is 2. The molecule has 0 aliphatic carbocycles. The van der Waals surface area contributed by atoms with Crippen LogP contribution < -0.4 is 5.53 Å². The number of ether oxygens (including phenoxy) is 1. The first kappa shape index (κ1) is 14.3. The fourth-order valence-corrected chi connectivity index (χ4v) is 3.75. The largest absolute Gasteiger partial charge is 0.362 e. The minimum atomic E-state index is -0.245. The van der Waals surface area contributed by atoms with Gasteiger partial charge in [-0.1, -0.05) is 0 Å². The second-order valence-corrected chi connectivity index (χ2v) is 6.43. The van der Waals surface area contributed by atoms with Crippen LogP contribution in [0, 0.1) is 0 Å². The third-order valence-electron chi connectivity index (χ3n) is 3.36. The number of nitrogens with one attached hydrogen (secondary N) is 1. The first-order valence-electron chi connectivity index (χ1n) is 6.72. The summed E-state index contributed by atoms with van der Waals surface area (Å²) in [6.07, 6.45) is 0. The molecule has 10 heteroatoms. The van der Waals surface area contributed by atoms with Crippen LogP contribution in [0.4, 0.5) is 4.79 Å². The molecule has 0 spiro atoms. The van der Waals surface area contributed by atoms with Crippen molar-refractivity contribution in [1.82, 2.24) is 20.4 Å².